The molecular weight excluding hydrogens is 440 g/mol. The van der Waals surface area contributed by atoms with Crippen LogP contribution in [0.5, 0.6) is 11.5 Å². The Morgan fingerprint density at radius 3 is 2.69 bits per heavy atom. The first-order valence-electron chi connectivity index (χ1n) is 9.82. The van der Waals surface area contributed by atoms with Crippen molar-refractivity contribution in [2.75, 3.05) is 23.4 Å². The lowest BCUT2D eigenvalue weighted by Gasteiger charge is -2.16. The average molecular weight is 459 g/mol. The summed E-state index contributed by atoms with van der Waals surface area (Å²) in [5, 5.41) is 4.58. The van der Waals surface area contributed by atoms with Crippen molar-refractivity contribution < 1.29 is 27.8 Å². The number of amides is 2. The zero-order chi connectivity index (χ0) is 22.5. The number of nitrogens with zero attached hydrogens (tertiary/aromatic N) is 2. The topological polar surface area (TPSA) is 80.8 Å². The highest BCUT2D eigenvalue weighted by Gasteiger charge is 2.21. The van der Waals surface area contributed by atoms with E-state index in [2.05, 4.69) is 15.0 Å². The highest BCUT2D eigenvalue weighted by atomic mass is 32.1. The van der Waals surface area contributed by atoms with Crippen molar-refractivity contribution in [1.29, 1.82) is 0 Å². The van der Waals surface area contributed by atoms with Gasteiger partial charge in [-0.05, 0) is 42.8 Å². The molecule has 0 spiro atoms. The Bertz CT molecular complexity index is 1100. The highest BCUT2D eigenvalue weighted by Crippen LogP contribution is 2.33. The number of ether oxygens (including phenoxy) is 2. The molecule has 1 saturated heterocycles. The Morgan fingerprint density at radius 1 is 1.19 bits per heavy atom. The van der Waals surface area contributed by atoms with Gasteiger partial charge in [0, 0.05) is 29.6 Å². The van der Waals surface area contributed by atoms with Crippen molar-refractivity contribution in [2.45, 2.75) is 19.5 Å². The van der Waals surface area contributed by atoms with Crippen molar-refractivity contribution in [3.05, 3.63) is 53.9 Å². The first-order valence-corrected chi connectivity index (χ1v) is 10.7. The predicted octanol–water partition coefficient (Wildman–Crippen LogP) is 4.56. The molecule has 2 heterocycles. The molecule has 1 N–H and O–H groups in total. The van der Waals surface area contributed by atoms with Crippen LogP contribution in [0.2, 0.25) is 0 Å². The van der Waals surface area contributed by atoms with Crippen molar-refractivity contribution in [2.24, 2.45) is 0 Å². The maximum atomic E-state index is 12.6. The lowest BCUT2D eigenvalue weighted by atomic mass is 10.1. The van der Waals surface area contributed by atoms with Crippen LogP contribution in [-0.4, -0.2) is 36.6 Å². The number of para-hydroxylation sites is 1. The molecule has 166 valence electrons. The standard InChI is InChI=1S/C22H19F2N3O4S/c23-21(24)31-18-5-2-1-4-16(18)17-13-32-22(25-17)26-19(28)12-30-15-9-7-14(8-10-15)27-11-3-6-20(27)29/h1-2,4-5,7-10,13,21H,3,6,11-12H2,(H,25,26,28). The van der Waals surface area contributed by atoms with Crippen LogP contribution in [0.4, 0.5) is 19.6 Å². The van der Waals surface area contributed by atoms with E-state index in [0.29, 0.717) is 35.1 Å². The number of hydrogen-bond acceptors (Lipinski definition) is 6. The molecule has 1 aliphatic heterocycles. The molecule has 0 atom stereocenters. The minimum atomic E-state index is -2.95. The van der Waals surface area contributed by atoms with Crippen molar-refractivity contribution in [1.82, 2.24) is 4.98 Å². The Hall–Kier alpha value is -3.53. The Balaban J connectivity index is 1.33. The lowest BCUT2D eigenvalue weighted by Crippen LogP contribution is -2.23. The molecule has 4 rings (SSSR count). The second-order valence-corrected chi connectivity index (χ2v) is 7.75. The van der Waals surface area contributed by atoms with Gasteiger partial charge in [-0.15, -0.1) is 11.3 Å². The molecule has 0 bridgehead atoms. The molecule has 1 aromatic heterocycles. The molecular formula is C22H19F2N3O4S. The van der Waals surface area contributed by atoms with Crippen LogP contribution in [-0.2, 0) is 9.59 Å². The van der Waals surface area contributed by atoms with Gasteiger partial charge in [0.05, 0.1) is 5.69 Å². The number of anilines is 2. The first-order chi connectivity index (χ1) is 15.5. The second-order valence-electron chi connectivity index (χ2n) is 6.89. The fourth-order valence-electron chi connectivity index (χ4n) is 3.28. The maximum absolute atomic E-state index is 12.6. The van der Waals surface area contributed by atoms with Crippen LogP contribution < -0.4 is 19.7 Å². The number of alkyl halides is 2. The van der Waals surface area contributed by atoms with E-state index in [1.807, 2.05) is 0 Å². The quantitative estimate of drug-likeness (QED) is 0.534. The van der Waals surface area contributed by atoms with Crippen molar-refractivity contribution >= 4 is 34.0 Å². The molecule has 2 aromatic carbocycles. The summed E-state index contributed by atoms with van der Waals surface area (Å²) in [4.78, 5) is 30.0. The van der Waals surface area contributed by atoms with Crippen LogP contribution in [0, 0.1) is 0 Å². The van der Waals surface area contributed by atoms with Gasteiger partial charge in [0.15, 0.2) is 11.7 Å². The van der Waals surface area contributed by atoms with E-state index in [4.69, 9.17) is 4.74 Å². The van der Waals surface area contributed by atoms with E-state index >= 15 is 0 Å². The number of carbonyl (C=O) groups is 2. The van der Waals surface area contributed by atoms with Gasteiger partial charge >= 0.3 is 6.61 Å². The fraction of sp³-hybridized carbons (Fsp3) is 0.227. The van der Waals surface area contributed by atoms with Crippen molar-refractivity contribution in [3.63, 3.8) is 0 Å². The molecule has 1 aliphatic rings. The molecule has 2 amide bonds. The largest absolute Gasteiger partial charge is 0.484 e. The third kappa shape index (κ3) is 5.20. The van der Waals surface area contributed by atoms with Gasteiger partial charge in [0.1, 0.15) is 11.5 Å². The molecule has 0 radical (unpaired) electrons. The monoisotopic (exact) mass is 459 g/mol. The number of nitrogens with one attached hydrogen (secondary N) is 1. The molecule has 3 aromatic rings. The number of benzene rings is 2. The molecule has 7 nitrogen and oxygen atoms in total. The third-order valence-electron chi connectivity index (χ3n) is 4.72. The summed E-state index contributed by atoms with van der Waals surface area (Å²) in [6.45, 7) is -2.48. The number of halogens is 2. The zero-order valence-electron chi connectivity index (χ0n) is 16.8. The van der Waals surface area contributed by atoms with E-state index in [1.165, 1.54) is 6.07 Å². The lowest BCUT2D eigenvalue weighted by molar-refractivity contribution is -0.118. The van der Waals surface area contributed by atoms with Gasteiger partial charge in [0.2, 0.25) is 5.91 Å². The van der Waals surface area contributed by atoms with E-state index in [-0.39, 0.29) is 18.3 Å². The van der Waals surface area contributed by atoms with Gasteiger partial charge in [-0.3, -0.25) is 14.9 Å². The van der Waals surface area contributed by atoms with Gasteiger partial charge in [0.25, 0.3) is 5.91 Å². The molecule has 0 saturated carbocycles. The number of thiazole rings is 1. The summed E-state index contributed by atoms with van der Waals surface area (Å²) < 4.78 is 35.2. The molecule has 0 unspecified atom stereocenters. The van der Waals surface area contributed by atoms with Crippen LogP contribution in [0.25, 0.3) is 11.3 Å². The number of aromatic nitrogens is 1. The Morgan fingerprint density at radius 2 is 1.97 bits per heavy atom. The maximum Gasteiger partial charge on any atom is 0.387 e. The van der Waals surface area contributed by atoms with E-state index in [1.54, 1.807) is 52.7 Å². The van der Waals surface area contributed by atoms with Crippen LogP contribution in [0.15, 0.2) is 53.9 Å². The van der Waals surface area contributed by atoms with E-state index < -0.39 is 12.5 Å². The third-order valence-corrected chi connectivity index (χ3v) is 5.48. The summed E-state index contributed by atoms with van der Waals surface area (Å²) in [6.07, 6.45) is 1.41. The van der Waals surface area contributed by atoms with Crippen molar-refractivity contribution in [3.8, 4) is 22.8 Å². The molecule has 1 fully saturated rings. The highest BCUT2D eigenvalue weighted by molar-refractivity contribution is 7.14. The van der Waals surface area contributed by atoms with Gasteiger partial charge < -0.3 is 14.4 Å². The van der Waals surface area contributed by atoms with Gasteiger partial charge in [-0.1, -0.05) is 12.1 Å². The van der Waals surface area contributed by atoms with Gasteiger partial charge in [-0.25, -0.2) is 4.98 Å². The van der Waals surface area contributed by atoms with Crippen LogP contribution >= 0.6 is 11.3 Å². The number of hydrogen-bond donors (Lipinski definition) is 1. The number of rotatable bonds is 8. The van der Waals surface area contributed by atoms with E-state index in [9.17, 15) is 18.4 Å². The summed E-state index contributed by atoms with van der Waals surface area (Å²) >= 11 is 1.16. The summed E-state index contributed by atoms with van der Waals surface area (Å²) in [6, 6.07) is 13.3. The van der Waals surface area contributed by atoms with Crippen LogP contribution in [0.3, 0.4) is 0 Å². The molecule has 10 heteroatoms. The smallest absolute Gasteiger partial charge is 0.387 e. The number of carbonyl (C=O) groups excluding carboxylic acids is 2. The minimum Gasteiger partial charge on any atom is -0.484 e. The molecule has 32 heavy (non-hydrogen) atoms. The summed E-state index contributed by atoms with van der Waals surface area (Å²) in [5.41, 5.74) is 1.61. The second kappa shape index (κ2) is 9.73. The predicted molar refractivity (Wildman–Crippen MR) is 116 cm³/mol. The van der Waals surface area contributed by atoms with Crippen LogP contribution in [0.1, 0.15) is 12.8 Å². The average Bonchev–Trinajstić information content (AvgIpc) is 3.41. The Labute approximate surface area is 186 Å². The van der Waals surface area contributed by atoms with E-state index in [0.717, 1.165) is 23.4 Å². The molecule has 0 aliphatic carbocycles. The van der Waals surface area contributed by atoms with Gasteiger partial charge in [-0.2, -0.15) is 8.78 Å². The summed E-state index contributed by atoms with van der Waals surface area (Å²) in [7, 11) is 0. The fourth-order valence-corrected chi connectivity index (χ4v) is 4.01. The zero-order valence-corrected chi connectivity index (χ0v) is 17.6. The summed E-state index contributed by atoms with van der Waals surface area (Å²) in [5.74, 6) is 0.188. The minimum absolute atomic E-state index is 0.00749. The SMILES string of the molecule is O=C(COc1ccc(N2CCCC2=O)cc1)Nc1nc(-c2ccccc2OC(F)F)cs1. The normalized spacial score (nSPS) is 13.5. The Kier molecular flexibility index (Phi) is 6.60. The first kappa shape index (κ1) is 21.7.